The van der Waals surface area contributed by atoms with E-state index in [1.54, 1.807) is 29.5 Å². The molecule has 146 valence electrons. The average Bonchev–Trinajstić information content (AvgIpc) is 3.20. The SMILES string of the molecule is CCN(CC)N(CC)C(=O)c1ccc(-c2cncc3ccc(C(=O)O)nc23)s1. The molecule has 0 fully saturated rings. The molecule has 28 heavy (non-hydrogen) atoms. The number of thiophene rings is 1. The Hall–Kier alpha value is -2.84. The zero-order valence-corrected chi connectivity index (χ0v) is 16.9. The molecule has 0 radical (unpaired) electrons. The van der Waals surface area contributed by atoms with Crippen molar-refractivity contribution in [1.29, 1.82) is 0 Å². The van der Waals surface area contributed by atoms with Gasteiger partial charge in [0.25, 0.3) is 5.91 Å². The van der Waals surface area contributed by atoms with Crippen LogP contribution in [-0.2, 0) is 0 Å². The van der Waals surface area contributed by atoms with E-state index in [4.69, 9.17) is 0 Å². The number of hydrazine groups is 1. The summed E-state index contributed by atoms with van der Waals surface area (Å²) >= 11 is 1.36. The molecule has 3 heterocycles. The Balaban J connectivity index is 2.01. The number of carbonyl (C=O) groups excluding carboxylic acids is 1. The summed E-state index contributed by atoms with van der Waals surface area (Å²) in [6, 6.07) is 6.82. The van der Waals surface area contributed by atoms with Gasteiger partial charge >= 0.3 is 5.97 Å². The summed E-state index contributed by atoms with van der Waals surface area (Å²) in [4.78, 5) is 34.2. The summed E-state index contributed by atoms with van der Waals surface area (Å²) in [6.45, 7) is 8.09. The molecule has 0 unspecified atom stereocenters. The van der Waals surface area contributed by atoms with E-state index in [2.05, 4.69) is 9.97 Å². The fourth-order valence-electron chi connectivity index (χ4n) is 3.10. The van der Waals surface area contributed by atoms with Crippen molar-refractivity contribution in [2.45, 2.75) is 20.8 Å². The topological polar surface area (TPSA) is 86.6 Å². The van der Waals surface area contributed by atoms with Crippen LogP contribution in [0.4, 0.5) is 0 Å². The van der Waals surface area contributed by atoms with Crippen LogP contribution in [0.3, 0.4) is 0 Å². The standard InChI is InChI=1S/C20H22N4O3S/c1-4-23(5-2)24(6-3)19(25)17-10-9-16(28-17)14-12-21-11-13-7-8-15(20(26)27)22-18(13)14/h7-12H,4-6H2,1-3H3,(H,26,27). The van der Waals surface area contributed by atoms with Crippen molar-refractivity contribution in [1.82, 2.24) is 20.0 Å². The number of rotatable bonds is 7. The molecular formula is C20H22N4O3S. The normalized spacial score (nSPS) is 11.1. The fourth-order valence-corrected chi connectivity index (χ4v) is 4.07. The third kappa shape index (κ3) is 3.74. The van der Waals surface area contributed by atoms with Gasteiger partial charge in [0.2, 0.25) is 0 Å². The van der Waals surface area contributed by atoms with Crippen LogP contribution in [0.5, 0.6) is 0 Å². The maximum absolute atomic E-state index is 13.0. The molecule has 8 heteroatoms. The third-order valence-corrected chi connectivity index (χ3v) is 5.61. The lowest BCUT2D eigenvalue weighted by Crippen LogP contribution is -2.46. The van der Waals surface area contributed by atoms with E-state index in [0.29, 0.717) is 16.9 Å². The van der Waals surface area contributed by atoms with Crippen molar-refractivity contribution in [3.8, 4) is 10.4 Å². The average molecular weight is 398 g/mol. The number of carbonyl (C=O) groups is 2. The molecule has 3 rings (SSSR count). The van der Waals surface area contributed by atoms with Crippen molar-refractivity contribution in [2.75, 3.05) is 19.6 Å². The number of amides is 1. The van der Waals surface area contributed by atoms with Crippen LogP contribution in [0.25, 0.3) is 21.3 Å². The van der Waals surface area contributed by atoms with Gasteiger partial charge in [0.15, 0.2) is 0 Å². The quantitative estimate of drug-likeness (QED) is 0.610. The Morgan fingerprint density at radius 1 is 1.04 bits per heavy atom. The summed E-state index contributed by atoms with van der Waals surface area (Å²) in [7, 11) is 0. The van der Waals surface area contributed by atoms with Gasteiger partial charge in [-0.3, -0.25) is 14.8 Å². The molecule has 7 nitrogen and oxygen atoms in total. The first-order valence-corrected chi connectivity index (χ1v) is 9.96. The minimum atomic E-state index is -1.08. The van der Waals surface area contributed by atoms with Crippen molar-refractivity contribution in [2.24, 2.45) is 0 Å². The summed E-state index contributed by atoms with van der Waals surface area (Å²) in [6.07, 6.45) is 3.30. The second-order valence-electron chi connectivity index (χ2n) is 6.08. The molecular weight excluding hydrogens is 376 g/mol. The first-order valence-electron chi connectivity index (χ1n) is 9.15. The van der Waals surface area contributed by atoms with Crippen LogP contribution in [0.2, 0.25) is 0 Å². The Kier molecular flexibility index (Phi) is 6.01. The van der Waals surface area contributed by atoms with Crippen LogP contribution in [0, 0.1) is 0 Å². The van der Waals surface area contributed by atoms with E-state index in [9.17, 15) is 14.7 Å². The Bertz CT molecular complexity index is 1010. The summed E-state index contributed by atoms with van der Waals surface area (Å²) in [5, 5.41) is 13.7. The highest BCUT2D eigenvalue weighted by Gasteiger charge is 2.21. The first-order chi connectivity index (χ1) is 13.5. The van der Waals surface area contributed by atoms with Crippen LogP contribution in [0.1, 0.15) is 40.9 Å². The zero-order chi connectivity index (χ0) is 20.3. The highest BCUT2D eigenvalue weighted by molar-refractivity contribution is 7.17. The van der Waals surface area contributed by atoms with Crippen LogP contribution >= 0.6 is 11.3 Å². The third-order valence-electron chi connectivity index (χ3n) is 4.51. The van der Waals surface area contributed by atoms with Gasteiger partial charge in [-0.25, -0.2) is 14.8 Å². The minimum Gasteiger partial charge on any atom is -0.477 e. The van der Waals surface area contributed by atoms with Gasteiger partial charge in [0.1, 0.15) is 5.69 Å². The number of pyridine rings is 2. The Morgan fingerprint density at radius 2 is 1.79 bits per heavy atom. The minimum absolute atomic E-state index is 0.0218. The smallest absolute Gasteiger partial charge is 0.354 e. The highest BCUT2D eigenvalue weighted by atomic mass is 32.1. The molecule has 0 saturated heterocycles. The van der Waals surface area contributed by atoms with E-state index < -0.39 is 5.97 Å². The largest absolute Gasteiger partial charge is 0.477 e. The lowest BCUT2D eigenvalue weighted by atomic mass is 10.1. The number of fused-ring (bicyclic) bond motifs is 1. The zero-order valence-electron chi connectivity index (χ0n) is 16.0. The van der Waals surface area contributed by atoms with E-state index in [1.807, 2.05) is 31.8 Å². The maximum atomic E-state index is 13.0. The van der Waals surface area contributed by atoms with Crippen LogP contribution in [0.15, 0.2) is 36.7 Å². The molecule has 1 amide bonds. The number of aromatic nitrogens is 2. The molecule has 0 aliphatic rings. The highest BCUT2D eigenvalue weighted by Crippen LogP contribution is 2.33. The second kappa shape index (κ2) is 8.45. The van der Waals surface area contributed by atoms with Gasteiger partial charge in [0, 0.05) is 47.9 Å². The number of nitrogens with zero attached hydrogens (tertiary/aromatic N) is 4. The van der Waals surface area contributed by atoms with E-state index in [1.165, 1.54) is 17.4 Å². The monoisotopic (exact) mass is 398 g/mol. The molecule has 0 aromatic carbocycles. The Morgan fingerprint density at radius 3 is 2.43 bits per heavy atom. The van der Waals surface area contributed by atoms with Gasteiger partial charge in [-0.05, 0) is 31.2 Å². The molecule has 0 atom stereocenters. The molecule has 0 aliphatic heterocycles. The van der Waals surface area contributed by atoms with Crippen molar-refractivity contribution >= 4 is 34.1 Å². The molecule has 3 aromatic rings. The Labute approximate surface area is 167 Å². The van der Waals surface area contributed by atoms with E-state index in [0.717, 1.165) is 28.9 Å². The van der Waals surface area contributed by atoms with Gasteiger partial charge in [-0.2, -0.15) is 0 Å². The molecule has 3 aromatic heterocycles. The van der Waals surface area contributed by atoms with E-state index >= 15 is 0 Å². The van der Waals surface area contributed by atoms with Crippen molar-refractivity contribution in [3.05, 3.63) is 47.2 Å². The van der Waals surface area contributed by atoms with Crippen molar-refractivity contribution in [3.63, 3.8) is 0 Å². The predicted octanol–water partition coefficient (Wildman–Crippen LogP) is 3.78. The fraction of sp³-hybridized carbons (Fsp3) is 0.300. The van der Waals surface area contributed by atoms with E-state index in [-0.39, 0.29) is 11.6 Å². The number of carboxylic acid groups (broad SMARTS) is 1. The molecule has 0 aliphatic carbocycles. The lowest BCUT2D eigenvalue weighted by Gasteiger charge is -2.32. The molecule has 0 spiro atoms. The number of hydrogen-bond acceptors (Lipinski definition) is 6. The van der Waals surface area contributed by atoms with Crippen LogP contribution in [-0.4, -0.2) is 56.6 Å². The van der Waals surface area contributed by atoms with Crippen LogP contribution < -0.4 is 0 Å². The lowest BCUT2D eigenvalue weighted by molar-refractivity contribution is -0.000704. The molecule has 0 bridgehead atoms. The van der Waals surface area contributed by atoms with Gasteiger partial charge < -0.3 is 5.11 Å². The second-order valence-corrected chi connectivity index (χ2v) is 7.17. The summed E-state index contributed by atoms with van der Waals surface area (Å²) in [5.41, 5.74) is 1.26. The summed E-state index contributed by atoms with van der Waals surface area (Å²) in [5.74, 6) is -1.13. The van der Waals surface area contributed by atoms with Gasteiger partial charge in [-0.15, -0.1) is 11.3 Å². The predicted molar refractivity (Wildman–Crippen MR) is 109 cm³/mol. The number of carboxylic acids is 1. The maximum Gasteiger partial charge on any atom is 0.354 e. The molecule has 0 saturated carbocycles. The van der Waals surface area contributed by atoms with Gasteiger partial charge in [-0.1, -0.05) is 13.8 Å². The number of aromatic carboxylic acids is 1. The molecule has 1 N–H and O–H groups in total. The first kappa shape index (κ1) is 19.9. The van der Waals surface area contributed by atoms with Crippen molar-refractivity contribution < 1.29 is 14.7 Å². The summed E-state index contributed by atoms with van der Waals surface area (Å²) < 4.78 is 0. The van der Waals surface area contributed by atoms with Gasteiger partial charge in [0.05, 0.1) is 10.4 Å². The number of hydrogen-bond donors (Lipinski definition) is 1.